The van der Waals surface area contributed by atoms with Gasteiger partial charge >= 0.3 is 0 Å². The van der Waals surface area contributed by atoms with E-state index in [1.165, 1.54) is 12.1 Å². The van der Waals surface area contributed by atoms with Gasteiger partial charge in [0.1, 0.15) is 17.9 Å². The zero-order chi connectivity index (χ0) is 14.1. The highest BCUT2D eigenvalue weighted by molar-refractivity contribution is 5.97. The molecular formula is C14H16FN3O2. The average molecular weight is 277 g/mol. The van der Waals surface area contributed by atoms with Crippen LogP contribution in [0.4, 0.5) is 4.39 Å². The molecule has 0 aliphatic carbocycles. The fourth-order valence-corrected chi connectivity index (χ4v) is 2.73. The van der Waals surface area contributed by atoms with Crippen molar-refractivity contribution in [2.75, 3.05) is 19.6 Å². The van der Waals surface area contributed by atoms with E-state index in [4.69, 9.17) is 0 Å². The van der Waals surface area contributed by atoms with Crippen LogP contribution in [0.1, 0.15) is 5.56 Å². The molecule has 0 saturated carbocycles. The van der Waals surface area contributed by atoms with Crippen LogP contribution in [-0.4, -0.2) is 48.4 Å². The number of nitrogens with zero attached hydrogens (tertiary/aromatic N) is 1. The van der Waals surface area contributed by atoms with Crippen LogP contribution in [0.25, 0.3) is 0 Å². The molecule has 2 aliphatic rings. The fourth-order valence-electron chi connectivity index (χ4n) is 2.73. The Bertz CT molecular complexity index is 532. The van der Waals surface area contributed by atoms with Crippen LogP contribution in [0.15, 0.2) is 24.3 Å². The van der Waals surface area contributed by atoms with E-state index >= 15 is 0 Å². The number of hydrogen-bond acceptors (Lipinski definition) is 3. The van der Waals surface area contributed by atoms with Gasteiger partial charge < -0.3 is 15.5 Å². The Balaban J connectivity index is 1.75. The molecule has 1 aromatic rings. The summed E-state index contributed by atoms with van der Waals surface area (Å²) >= 11 is 0. The lowest BCUT2D eigenvalue weighted by atomic mass is 9.99. The van der Waals surface area contributed by atoms with Gasteiger partial charge in [0.25, 0.3) is 0 Å². The highest BCUT2D eigenvalue weighted by Crippen LogP contribution is 2.15. The first-order chi connectivity index (χ1) is 9.65. The van der Waals surface area contributed by atoms with Crippen LogP contribution in [0, 0.1) is 5.82 Å². The Hall–Kier alpha value is -1.95. The number of benzene rings is 1. The van der Waals surface area contributed by atoms with Crippen molar-refractivity contribution in [3.63, 3.8) is 0 Å². The molecule has 2 atom stereocenters. The van der Waals surface area contributed by atoms with Crippen LogP contribution in [0.3, 0.4) is 0 Å². The van der Waals surface area contributed by atoms with Gasteiger partial charge in [-0.2, -0.15) is 0 Å². The van der Waals surface area contributed by atoms with Gasteiger partial charge in [-0.3, -0.25) is 9.59 Å². The van der Waals surface area contributed by atoms with Gasteiger partial charge in [0.05, 0.1) is 0 Å². The van der Waals surface area contributed by atoms with Crippen molar-refractivity contribution in [3.05, 3.63) is 35.6 Å². The number of rotatable bonds is 2. The molecule has 2 saturated heterocycles. The van der Waals surface area contributed by atoms with E-state index in [-0.39, 0.29) is 17.6 Å². The van der Waals surface area contributed by atoms with E-state index in [1.54, 1.807) is 17.0 Å². The second kappa shape index (κ2) is 5.20. The lowest BCUT2D eigenvalue weighted by molar-refractivity contribution is -0.150. The lowest BCUT2D eigenvalue weighted by Crippen LogP contribution is -2.69. The zero-order valence-electron chi connectivity index (χ0n) is 10.9. The van der Waals surface area contributed by atoms with Crippen molar-refractivity contribution in [1.29, 1.82) is 0 Å². The van der Waals surface area contributed by atoms with Gasteiger partial charge in [0.2, 0.25) is 11.8 Å². The standard InChI is InChI=1S/C14H16FN3O2/c15-10-3-1-9(2-4-10)7-11-14(20)18-6-5-16-8-12(18)13(19)17-11/h1-4,11-12,16H,5-8H2,(H,17,19)/t11-,12+/m0/s1. The van der Waals surface area contributed by atoms with E-state index in [2.05, 4.69) is 10.6 Å². The summed E-state index contributed by atoms with van der Waals surface area (Å²) in [7, 11) is 0. The second-order valence-electron chi connectivity index (χ2n) is 5.14. The number of piperazine rings is 2. The van der Waals surface area contributed by atoms with E-state index in [0.717, 1.165) is 5.56 Å². The molecule has 2 amide bonds. The Kier molecular flexibility index (Phi) is 3.40. The summed E-state index contributed by atoms with van der Waals surface area (Å²) in [5.74, 6) is -0.487. The summed E-state index contributed by atoms with van der Waals surface area (Å²) in [6.45, 7) is 1.76. The van der Waals surface area contributed by atoms with Gasteiger partial charge in [-0.15, -0.1) is 0 Å². The molecule has 3 rings (SSSR count). The summed E-state index contributed by atoms with van der Waals surface area (Å²) in [6, 6.07) is 5.04. The van der Waals surface area contributed by atoms with Crippen LogP contribution in [-0.2, 0) is 16.0 Å². The minimum Gasteiger partial charge on any atom is -0.342 e. The maximum atomic E-state index is 12.9. The first kappa shape index (κ1) is 13.1. The third-order valence-corrected chi connectivity index (χ3v) is 3.80. The molecule has 5 nitrogen and oxygen atoms in total. The topological polar surface area (TPSA) is 61.4 Å². The Morgan fingerprint density at radius 2 is 2.00 bits per heavy atom. The Morgan fingerprint density at radius 3 is 2.75 bits per heavy atom. The zero-order valence-corrected chi connectivity index (χ0v) is 10.9. The van der Waals surface area contributed by atoms with E-state index in [0.29, 0.717) is 26.1 Å². The number of carbonyl (C=O) groups is 2. The molecule has 6 heteroatoms. The lowest BCUT2D eigenvalue weighted by Gasteiger charge is -2.41. The molecule has 0 aromatic heterocycles. The molecule has 2 fully saturated rings. The maximum Gasteiger partial charge on any atom is 0.246 e. The van der Waals surface area contributed by atoms with Crippen molar-refractivity contribution >= 4 is 11.8 Å². The molecule has 2 heterocycles. The molecule has 0 spiro atoms. The molecule has 2 N–H and O–H groups in total. The summed E-state index contributed by atoms with van der Waals surface area (Å²) in [6.07, 6.45) is 0.390. The highest BCUT2D eigenvalue weighted by atomic mass is 19.1. The Morgan fingerprint density at radius 1 is 1.25 bits per heavy atom. The molecule has 0 bridgehead atoms. The number of carbonyl (C=O) groups excluding carboxylic acids is 2. The summed E-state index contributed by atoms with van der Waals surface area (Å²) in [4.78, 5) is 26.1. The smallest absolute Gasteiger partial charge is 0.246 e. The Labute approximate surface area is 116 Å². The minimum atomic E-state index is -0.553. The van der Waals surface area contributed by atoms with E-state index in [9.17, 15) is 14.0 Å². The second-order valence-corrected chi connectivity index (χ2v) is 5.14. The van der Waals surface area contributed by atoms with Gasteiger partial charge in [-0.25, -0.2) is 4.39 Å². The summed E-state index contributed by atoms with van der Waals surface area (Å²) in [5, 5.41) is 5.87. The summed E-state index contributed by atoms with van der Waals surface area (Å²) in [5.41, 5.74) is 0.832. The number of amides is 2. The fraction of sp³-hybridized carbons (Fsp3) is 0.429. The third-order valence-electron chi connectivity index (χ3n) is 3.80. The quantitative estimate of drug-likeness (QED) is 0.778. The monoisotopic (exact) mass is 277 g/mol. The van der Waals surface area contributed by atoms with E-state index in [1.807, 2.05) is 0 Å². The van der Waals surface area contributed by atoms with Crippen LogP contribution < -0.4 is 10.6 Å². The molecule has 0 radical (unpaired) electrons. The number of fused-ring (bicyclic) bond motifs is 1. The predicted molar refractivity (Wildman–Crippen MR) is 70.4 cm³/mol. The first-order valence-electron chi connectivity index (χ1n) is 6.71. The number of halogens is 1. The molecule has 106 valence electrons. The van der Waals surface area contributed by atoms with Crippen molar-refractivity contribution < 1.29 is 14.0 Å². The average Bonchev–Trinajstić information content (AvgIpc) is 2.47. The van der Waals surface area contributed by atoms with Crippen molar-refractivity contribution in [1.82, 2.24) is 15.5 Å². The molecule has 0 unspecified atom stereocenters. The largest absolute Gasteiger partial charge is 0.342 e. The minimum absolute atomic E-state index is 0.0552. The molecule has 20 heavy (non-hydrogen) atoms. The highest BCUT2D eigenvalue weighted by Gasteiger charge is 2.41. The first-order valence-corrected chi connectivity index (χ1v) is 6.71. The van der Waals surface area contributed by atoms with Crippen molar-refractivity contribution in [2.24, 2.45) is 0 Å². The van der Waals surface area contributed by atoms with Crippen molar-refractivity contribution in [2.45, 2.75) is 18.5 Å². The van der Waals surface area contributed by atoms with Gasteiger partial charge in [-0.1, -0.05) is 12.1 Å². The predicted octanol–water partition coefficient (Wildman–Crippen LogP) is -0.333. The van der Waals surface area contributed by atoms with Crippen LogP contribution in [0.2, 0.25) is 0 Å². The van der Waals surface area contributed by atoms with Gasteiger partial charge in [0, 0.05) is 26.1 Å². The number of hydrogen-bond donors (Lipinski definition) is 2. The van der Waals surface area contributed by atoms with E-state index < -0.39 is 12.1 Å². The van der Waals surface area contributed by atoms with Crippen molar-refractivity contribution in [3.8, 4) is 0 Å². The molecule has 1 aromatic carbocycles. The maximum absolute atomic E-state index is 12.9. The normalized spacial score (nSPS) is 26.1. The number of nitrogens with one attached hydrogen (secondary N) is 2. The SMILES string of the molecule is O=C1N[C@@H](Cc2ccc(F)cc2)C(=O)N2CCNC[C@H]12. The molecular weight excluding hydrogens is 261 g/mol. The van der Waals surface area contributed by atoms with Crippen LogP contribution in [0.5, 0.6) is 0 Å². The van der Waals surface area contributed by atoms with Gasteiger partial charge in [-0.05, 0) is 17.7 Å². The van der Waals surface area contributed by atoms with Crippen LogP contribution >= 0.6 is 0 Å². The van der Waals surface area contributed by atoms with Gasteiger partial charge in [0.15, 0.2) is 0 Å². The third kappa shape index (κ3) is 2.38. The molecule has 2 aliphatic heterocycles. The summed E-state index contributed by atoms with van der Waals surface area (Å²) < 4.78 is 12.9.